The van der Waals surface area contributed by atoms with Gasteiger partial charge in [0.2, 0.25) is 5.91 Å². The van der Waals surface area contributed by atoms with Crippen LogP contribution >= 0.6 is 11.3 Å². The van der Waals surface area contributed by atoms with Gasteiger partial charge in [0.15, 0.2) is 0 Å². The Hall–Kier alpha value is -2.41. The summed E-state index contributed by atoms with van der Waals surface area (Å²) >= 11 is 1.72. The van der Waals surface area contributed by atoms with Crippen LogP contribution in [0, 0.1) is 5.92 Å². The second-order valence-electron chi connectivity index (χ2n) is 6.56. The van der Waals surface area contributed by atoms with Gasteiger partial charge >= 0.3 is 0 Å². The molecule has 0 saturated carbocycles. The second kappa shape index (κ2) is 7.45. The normalized spacial score (nSPS) is 17.6. The Balaban J connectivity index is 1.48. The first kappa shape index (κ1) is 17.0. The van der Waals surface area contributed by atoms with Gasteiger partial charge in [0.1, 0.15) is 22.7 Å². The lowest BCUT2D eigenvalue weighted by Gasteiger charge is -2.33. The van der Waals surface area contributed by atoms with Crippen LogP contribution < -0.4 is 10.2 Å². The molecule has 4 heterocycles. The molecule has 0 radical (unpaired) electrons. The predicted octanol–water partition coefficient (Wildman–Crippen LogP) is 3.38. The zero-order chi connectivity index (χ0) is 17.9. The monoisotopic (exact) mass is 370 g/mol. The van der Waals surface area contributed by atoms with E-state index in [-0.39, 0.29) is 11.8 Å². The van der Waals surface area contributed by atoms with Gasteiger partial charge in [-0.15, -0.1) is 11.3 Å². The standard InChI is InChI=1S/C19H22N4O2S/c1-2-15-9-16-17(21-12-22-19(16)26-15)23-7-3-5-13(11-23)18(24)20-10-14-6-4-8-25-14/h4,6,8-9,12-13H,2-3,5,7,10-11H2,1H3,(H,20,24)/t13-/m1/s1. The first-order chi connectivity index (χ1) is 12.7. The minimum absolute atomic E-state index is 0.0343. The molecule has 0 bridgehead atoms. The smallest absolute Gasteiger partial charge is 0.225 e. The molecule has 1 atom stereocenters. The third-order valence-electron chi connectivity index (χ3n) is 4.82. The van der Waals surface area contributed by atoms with Crippen molar-refractivity contribution in [2.45, 2.75) is 32.7 Å². The Labute approximate surface area is 156 Å². The highest BCUT2D eigenvalue weighted by atomic mass is 32.1. The SMILES string of the molecule is CCc1cc2c(N3CCC[C@@H](C(=O)NCc4ccco4)C3)ncnc2s1. The molecule has 0 unspecified atom stereocenters. The summed E-state index contributed by atoms with van der Waals surface area (Å²) in [5.41, 5.74) is 0. The molecule has 1 aliphatic heterocycles. The average molecular weight is 370 g/mol. The number of fused-ring (bicyclic) bond motifs is 1. The molecule has 1 amide bonds. The molecular weight excluding hydrogens is 348 g/mol. The summed E-state index contributed by atoms with van der Waals surface area (Å²) in [5, 5.41) is 4.09. The molecule has 1 saturated heterocycles. The van der Waals surface area contributed by atoms with Crippen molar-refractivity contribution in [3.8, 4) is 0 Å². The third kappa shape index (κ3) is 3.44. The minimum atomic E-state index is -0.0343. The van der Waals surface area contributed by atoms with Gasteiger partial charge in [-0.25, -0.2) is 9.97 Å². The van der Waals surface area contributed by atoms with Crippen LogP contribution in [0.5, 0.6) is 0 Å². The maximum atomic E-state index is 12.6. The highest BCUT2D eigenvalue weighted by Gasteiger charge is 2.27. The van der Waals surface area contributed by atoms with E-state index in [1.807, 2.05) is 12.1 Å². The summed E-state index contributed by atoms with van der Waals surface area (Å²) < 4.78 is 5.28. The Bertz CT molecular complexity index is 890. The number of carbonyl (C=O) groups is 1. The van der Waals surface area contributed by atoms with Gasteiger partial charge in [-0.2, -0.15) is 0 Å². The largest absolute Gasteiger partial charge is 0.467 e. The predicted molar refractivity (Wildman–Crippen MR) is 102 cm³/mol. The van der Waals surface area contributed by atoms with Gasteiger partial charge in [-0.05, 0) is 37.5 Å². The molecule has 3 aromatic heterocycles. The van der Waals surface area contributed by atoms with Crippen molar-refractivity contribution >= 4 is 33.3 Å². The zero-order valence-electron chi connectivity index (χ0n) is 14.8. The van der Waals surface area contributed by atoms with Crippen LogP contribution in [0.25, 0.3) is 10.2 Å². The van der Waals surface area contributed by atoms with Crippen LogP contribution in [0.15, 0.2) is 35.2 Å². The number of piperidine rings is 1. The molecule has 3 aromatic rings. The quantitative estimate of drug-likeness (QED) is 0.745. The summed E-state index contributed by atoms with van der Waals surface area (Å²) in [6, 6.07) is 5.89. The number of hydrogen-bond acceptors (Lipinski definition) is 6. The van der Waals surface area contributed by atoms with Gasteiger partial charge in [0.25, 0.3) is 0 Å². The zero-order valence-corrected chi connectivity index (χ0v) is 15.6. The molecule has 1 fully saturated rings. The molecule has 0 aliphatic carbocycles. The number of anilines is 1. The number of amides is 1. The molecule has 26 heavy (non-hydrogen) atoms. The molecule has 7 heteroatoms. The third-order valence-corrected chi connectivity index (χ3v) is 6.00. The second-order valence-corrected chi connectivity index (χ2v) is 7.68. The molecule has 1 aliphatic rings. The number of nitrogens with one attached hydrogen (secondary N) is 1. The van der Waals surface area contributed by atoms with Crippen LogP contribution in [-0.2, 0) is 17.8 Å². The molecule has 6 nitrogen and oxygen atoms in total. The summed E-state index contributed by atoms with van der Waals surface area (Å²) in [7, 11) is 0. The Morgan fingerprint density at radius 1 is 1.46 bits per heavy atom. The van der Waals surface area contributed by atoms with Crippen molar-refractivity contribution < 1.29 is 9.21 Å². The first-order valence-electron chi connectivity index (χ1n) is 9.03. The molecular formula is C19H22N4O2S. The maximum Gasteiger partial charge on any atom is 0.225 e. The molecule has 0 spiro atoms. The van der Waals surface area contributed by atoms with Crippen LogP contribution in [-0.4, -0.2) is 29.0 Å². The van der Waals surface area contributed by atoms with Crippen LogP contribution in [0.4, 0.5) is 5.82 Å². The highest BCUT2D eigenvalue weighted by molar-refractivity contribution is 7.18. The van der Waals surface area contributed by atoms with Gasteiger partial charge in [-0.1, -0.05) is 6.92 Å². The summed E-state index contributed by atoms with van der Waals surface area (Å²) in [6.07, 6.45) is 6.13. The van der Waals surface area contributed by atoms with E-state index in [9.17, 15) is 4.79 Å². The number of hydrogen-bond donors (Lipinski definition) is 1. The Morgan fingerprint density at radius 2 is 2.38 bits per heavy atom. The van der Waals surface area contributed by atoms with E-state index in [2.05, 4.69) is 33.2 Å². The summed E-state index contributed by atoms with van der Waals surface area (Å²) in [6.45, 7) is 4.20. The van der Waals surface area contributed by atoms with E-state index < -0.39 is 0 Å². The van der Waals surface area contributed by atoms with Crippen LogP contribution in [0.1, 0.15) is 30.4 Å². The lowest BCUT2D eigenvalue weighted by atomic mass is 9.97. The van der Waals surface area contributed by atoms with E-state index in [0.717, 1.165) is 47.6 Å². The lowest BCUT2D eigenvalue weighted by Crippen LogP contribution is -2.43. The van der Waals surface area contributed by atoms with Crippen molar-refractivity contribution in [3.05, 3.63) is 41.4 Å². The number of thiophene rings is 1. The number of nitrogens with zero attached hydrogens (tertiary/aromatic N) is 3. The molecule has 4 rings (SSSR count). The van der Waals surface area contributed by atoms with E-state index in [1.165, 1.54) is 4.88 Å². The number of aromatic nitrogens is 2. The van der Waals surface area contributed by atoms with Crippen LogP contribution in [0.3, 0.4) is 0 Å². The fourth-order valence-corrected chi connectivity index (χ4v) is 4.36. The van der Waals surface area contributed by atoms with Gasteiger partial charge in [-0.3, -0.25) is 4.79 Å². The van der Waals surface area contributed by atoms with E-state index in [0.29, 0.717) is 13.1 Å². The highest BCUT2D eigenvalue weighted by Crippen LogP contribution is 2.32. The topological polar surface area (TPSA) is 71.3 Å². The van der Waals surface area contributed by atoms with Gasteiger partial charge in [0, 0.05) is 18.0 Å². The lowest BCUT2D eigenvalue weighted by molar-refractivity contribution is -0.125. The minimum Gasteiger partial charge on any atom is -0.467 e. The van der Waals surface area contributed by atoms with Crippen LogP contribution in [0.2, 0.25) is 0 Å². The molecule has 0 aromatic carbocycles. The van der Waals surface area contributed by atoms with Crippen molar-refractivity contribution in [3.63, 3.8) is 0 Å². The van der Waals surface area contributed by atoms with Gasteiger partial charge < -0.3 is 14.6 Å². The number of carbonyl (C=O) groups excluding carboxylic acids is 1. The maximum absolute atomic E-state index is 12.6. The molecule has 1 N–H and O–H groups in total. The molecule has 136 valence electrons. The van der Waals surface area contributed by atoms with Crippen molar-refractivity contribution in [2.24, 2.45) is 5.92 Å². The van der Waals surface area contributed by atoms with E-state index in [1.54, 1.807) is 23.9 Å². The number of rotatable bonds is 5. The Morgan fingerprint density at radius 3 is 3.19 bits per heavy atom. The first-order valence-corrected chi connectivity index (χ1v) is 9.84. The number of furan rings is 1. The summed E-state index contributed by atoms with van der Waals surface area (Å²) in [5.74, 6) is 1.77. The summed E-state index contributed by atoms with van der Waals surface area (Å²) in [4.78, 5) is 26.1. The number of aryl methyl sites for hydroxylation is 1. The fourth-order valence-electron chi connectivity index (χ4n) is 3.43. The average Bonchev–Trinajstić information content (AvgIpc) is 3.35. The van der Waals surface area contributed by atoms with Gasteiger partial charge in [0.05, 0.1) is 24.1 Å². The Kier molecular flexibility index (Phi) is 4.88. The van der Waals surface area contributed by atoms with E-state index >= 15 is 0 Å². The fraction of sp³-hybridized carbons (Fsp3) is 0.421. The van der Waals surface area contributed by atoms with Crippen molar-refractivity contribution in [1.29, 1.82) is 0 Å². The van der Waals surface area contributed by atoms with Crippen molar-refractivity contribution in [1.82, 2.24) is 15.3 Å². The van der Waals surface area contributed by atoms with E-state index in [4.69, 9.17) is 4.42 Å². The van der Waals surface area contributed by atoms with Crippen molar-refractivity contribution in [2.75, 3.05) is 18.0 Å².